The molecule has 2 nitrogen and oxygen atoms in total. The van der Waals surface area contributed by atoms with Gasteiger partial charge in [-0.05, 0) is 23.6 Å². The van der Waals surface area contributed by atoms with Gasteiger partial charge in [0.2, 0.25) is 0 Å². The summed E-state index contributed by atoms with van der Waals surface area (Å²) in [5.41, 5.74) is 1.32. The van der Waals surface area contributed by atoms with Crippen molar-refractivity contribution in [2.75, 3.05) is 19.7 Å². The number of benzene rings is 1. The van der Waals surface area contributed by atoms with Crippen LogP contribution in [0, 0.1) is 0 Å². The average molecular weight is 219 g/mol. The van der Waals surface area contributed by atoms with Crippen LogP contribution in [0.4, 0.5) is 0 Å². The van der Waals surface area contributed by atoms with Gasteiger partial charge in [0.15, 0.2) is 0 Å². The Kier molecular flexibility index (Phi) is 5.65. The second-order valence-corrected chi connectivity index (χ2v) is 4.07. The van der Waals surface area contributed by atoms with Crippen molar-refractivity contribution in [3.05, 3.63) is 42.5 Å². The molecule has 0 radical (unpaired) electrons. The van der Waals surface area contributed by atoms with Crippen molar-refractivity contribution in [3.8, 4) is 5.75 Å². The second kappa shape index (κ2) is 7.07. The van der Waals surface area contributed by atoms with Gasteiger partial charge in [-0.3, -0.25) is 0 Å². The number of hydrogen-bond acceptors (Lipinski definition) is 2. The normalized spacial score (nSPS) is 10.4. The molecule has 0 heterocycles. The van der Waals surface area contributed by atoms with Crippen LogP contribution in [-0.2, 0) is 0 Å². The topological polar surface area (TPSA) is 21.3 Å². The van der Waals surface area contributed by atoms with Crippen LogP contribution in [0.3, 0.4) is 0 Å². The van der Waals surface area contributed by atoms with Gasteiger partial charge >= 0.3 is 0 Å². The largest absolute Gasteiger partial charge is 0.492 e. The predicted octanol–water partition coefficient (Wildman–Crippen LogP) is 2.96. The first-order valence-electron chi connectivity index (χ1n) is 5.78. The number of ether oxygens (including phenoxy) is 1. The third-order valence-corrected chi connectivity index (χ3v) is 2.36. The minimum absolute atomic E-state index is 0.544. The van der Waals surface area contributed by atoms with E-state index in [1.54, 1.807) is 0 Å². The maximum absolute atomic E-state index is 5.65. The molecule has 1 aromatic rings. The summed E-state index contributed by atoms with van der Waals surface area (Å²) in [7, 11) is 0. The zero-order chi connectivity index (χ0) is 11.8. The lowest BCUT2D eigenvalue weighted by molar-refractivity contribution is 0.316. The molecule has 1 rings (SSSR count). The van der Waals surface area contributed by atoms with E-state index < -0.39 is 0 Å². The van der Waals surface area contributed by atoms with Crippen LogP contribution in [0.1, 0.15) is 25.3 Å². The lowest BCUT2D eigenvalue weighted by Crippen LogP contribution is -2.20. The lowest BCUT2D eigenvalue weighted by atomic mass is 10.0. The van der Waals surface area contributed by atoms with Gasteiger partial charge in [0.1, 0.15) is 12.4 Å². The van der Waals surface area contributed by atoms with Crippen LogP contribution in [0.25, 0.3) is 0 Å². The van der Waals surface area contributed by atoms with E-state index >= 15 is 0 Å². The molecule has 0 bridgehead atoms. The Hall–Kier alpha value is -1.28. The molecular weight excluding hydrogens is 198 g/mol. The first kappa shape index (κ1) is 12.8. The minimum Gasteiger partial charge on any atom is -0.492 e. The van der Waals surface area contributed by atoms with Gasteiger partial charge < -0.3 is 10.1 Å². The minimum atomic E-state index is 0.544. The SMILES string of the molecule is C=CCNCCOc1cccc(C(C)C)c1. The van der Waals surface area contributed by atoms with E-state index in [1.165, 1.54) is 5.56 Å². The highest BCUT2D eigenvalue weighted by molar-refractivity contribution is 5.30. The van der Waals surface area contributed by atoms with Crippen LogP contribution in [0.15, 0.2) is 36.9 Å². The molecule has 0 fully saturated rings. The molecule has 0 aliphatic heterocycles. The Morgan fingerprint density at radius 3 is 2.94 bits per heavy atom. The van der Waals surface area contributed by atoms with Gasteiger partial charge in [-0.2, -0.15) is 0 Å². The molecule has 0 saturated heterocycles. The van der Waals surface area contributed by atoms with Crippen molar-refractivity contribution in [2.45, 2.75) is 19.8 Å². The van der Waals surface area contributed by atoms with Crippen LogP contribution < -0.4 is 10.1 Å². The summed E-state index contributed by atoms with van der Waals surface area (Å²) in [5.74, 6) is 1.49. The maximum Gasteiger partial charge on any atom is 0.119 e. The molecule has 1 N–H and O–H groups in total. The molecule has 2 heteroatoms. The van der Waals surface area contributed by atoms with E-state index in [0.29, 0.717) is 12.5 Å². The Bertz CT molecular complexity index is 320. The smallest absolute Gasteiger partial charge is 0.119 e. The fourth-order valence-electron chi connectivity index (χ4n) is 1.41. The number of hydrogen-bond donors (Lipinski definition) is 1. The van der Waals surface area contributed by atoms with Crippen LogP contribution in [0.2, 0.25) is 0 Å². The molecule has 0 atom stereocenters. The highest BCUT2D eigenvalue weighted by Crippen LogP contribution is 2.19. The van der Waals surface area contributed by atoms with Crippen molar-refractivity contribution in [2.24, 2.45) is 0 Å². The average Bonchev–Trinajstić information content (AvgIpc) is 2.29. The zero-order valence-corrected chi connectivity index (χ0v) is 10.2. The summed E-state index contributed by atoms with van der Waals surface area (Å²) < 4.78 is 5.65. The molecule has 88 valence electrons. The quantitative estimate of drug-likeness (QED) is 0.562. The van der Waals surface area contributed by atoms with E-state index in [2.05, 4.69) is 37.9 Å². The first-order valence-corrected chi connectivity index (χ1v) is 5.78. The van der Waals surface area contributed by atoms with Gasteiger partial charge in [0, 0.05) is 13.1 Å². The van der Waals surface area contributed by atoms with Crippen molar-refractivity contribution in [3.63, 3.8) is 0 Å². The van der Waals surface area contributed by atoms with Gasteiger partial charge in [0.05, 0.1) is 0 Å². The van der Waals surface area contributed by atoms with Gasteiger partial charge in [-0.1, -0.05) is 32.1 Å². The monoisotopic (exact) mass is 219 g/mol. The third kappa shape index (κ3) is 4.49. The van der Waals surface area contributed by atoms with Crippen molar-refractivity contribution in [1.29, 1.82) is 0 Å². The van der Waals surface area contributed by atoms with E-state index in [4.69, 9.17) is 4.74 Å². The highest BCUT2D eigenvalue weighted by Gasteiger charge is 2.00. The highest BCUT2D eigenvalue weighted by atomic mass is 16.5. The molecule has 0 spiro atoms. The Morgan fingerprint density at radius 2 is 2.25 bits per heavy atom. The van der Waals surface area contributed by atoms with E-state index in [9.17, 15) is 0 Å². The molecular formula is C14H21NO. The number of nitrogens with one attached hydrogen (secondary N) is 1. The van der Waals surface area contributed by atoms with Crippen molar-refractivity contribution >= 4 is 0 Å². The summed E-state index contributed by atoms with van der Waals surface area (Å²) in [5, 5.41) is 3.20. The first-order chi connectivity index (χ1) is 7.74. The van der Waals surface area contributed by atoms with Crippen molar-refractivity contribution < 1.29 is 4.74 Å². The predicted molar refractivity (Wildman–Crippen MR) is 69.1 cm³/mol. The fraction of sp³-hybridized carbons (Fsp3) is 0.429. The van der Waals surface area contributed by atoms with Gasteiger partial charge in [-0.25, -0.2) is 0 Å². The van der Waals surface area contributed by atoms with Gasteiger partial charge in [-0.15, -0.1) is 6.58 Å². The summed E-state index contributed by atoms with van der Waals surface area (Å²) in [6.07, 6.45) is 1.85. The van der Waals surface area contributed by atoms with E-state index in [1.807, 2.05) is 18.2 Å². The summed E-state index contributed by atoms with van der Waals surface area (Å²) in [4.78, 5) is 0. The molecule has 0 amide bonds. The molecule has 16 heavy (non-hydrogen) atoms. The Morgan fingerprint density at radius 1 is 1.44 bits per heavy atom. The summed E-state index contributed by atoms with van der Waals surface area (Å²) >= 11 is 0. The molecule has 0 aliphatic carbocycles. The summed E-state index contributed by atoms with van der Waals surface area (Å²) in [6.45, 7) is 10.4. The molecule has 0 aromatic heterocycles. The van der Waals surface area contributed by atoms with Crippen LogP contribution in [-0.4, -0.2) is 19.7 Å². The second-order valence-electron chi connectivity index (χ2n) is 4.07. The maximum atomic E-state index is 5.65. The zero-order valence-electron chi connectivity index (χ0n) is 10.2. The molecule has 1 aromatic carbocycles. The van der Waals surface area contributed by atoms with Crippen molar-refractivity contribution in [1.82, 2.24) is 5.32 Å². The van der Waals surface area contributed by atoms with Crippen LogP contribution >= 0.6 is 0 Å². The third-order valence-electron chi connectivity index (χ3n) is 2.36. The fourth-order valence-corrected chi connectivity index (χ4v) is 1.41. The lowest BCUT2D eigenvalue weighted by Gasteiger charge is -2.10. The van der Waals surface area contributed by atoms with E-state index in [-0.39, 0.29) is 0 Å². The Balaban J connectivity index is 2.36. The van der Waals surface area contributed by atoms with Gasteiger partial charge in [0.25, 0.3) is 0 Å². The molecule has 0 aliphatic rings. The standard InChI is InChI=1S/C14H21NO/c1-4-8-15-9-10-16-14-7-5-6-13(11-14)12(2)3/h4-7,11-12,15H,1,8-10H2,2-3H3. The Labute approximate surface area is 98.3 Å². The van der Waals surface area contributed by atoms with E-state index in [0.717, 1.165) is 18.8 Å². The van der Waals surface area contributed by atoms with Crippen LogP contribution in [0.5, 0.6) is 5.75 Å². The summed E-state index contributed by atoms with van der Waals surface area (Å²) in [6, 6.07) is 8.28. The molecule has 0 unspecified atom stereocenters. The molecule has 0 saturated carbocycles. The number of rotatable bonds is 7.